The molecule has 0 saturated heterocycles. The Morgan fingerprint density at radius 3 is 2.19 bits per heavy atom. The average molecular weight is 384 g/mol. The molecule has 3 atom stereocenters. The van der Waals surface area contributed by atoms with E-state index in [0.29, 0.717) is 32.2 Å². The second kappa shape index (κ2) is 15.0. The summed E-state index contributed by atoms with van der Waals surface area (Å²) in [5.41, 5.74) is 11.1. The Bertz CT molecular complexity index is 472. The van der Waals surface area contributed by atoms with Crippen molar-refractivity contribution < 1.29 is 14.4 Å². The summed E-state index contributed by atoms with van der Waals surface area (Å²) in [6, 6.07) is -2.15. The molecule has 155 valence electrons. The predicted octanol–water partition coefficient (Wildman–Crippen LogP) is 0.0367. The Labute approximate surface area is 161 Å². The lowest BCUT2D eigenvalue weighted by Crippen LogP contribution is -2.53. The van der Waals surface area contributed by atoms with Gasteiger partial charge in [-0.05, 0) is 25.7 Å². The van der Waals surface area contributed by atoms with Crippen molar-refractivity contribution in [3.63, 3.8) is 0 Å². The van der Waals surface area contributed by atoms with Gasteiger partial charge in [0.05, 0.1) is 12.1 Å². The summed E-state index contributed by atoms with van der Waals surface area (Å²) in [5.74, 6) is -0.921. The number of carbonyl (C=O) groups excluding carboxylic acids is 3. The zero-order chi connectivity index (χ0) is 20.7. The molecule has 0 aliphatic rings. The highest BCUT2D eigenvalue weighted by atomic mass is 16.2. The van der Waals surface area contributed by atoms with Crippen molar-refractivity contribution in [1.29, 1.82) is 5.41 Å². The van der Waals surface area contributed by atoms with Gasteiger partial charge in [0.25, 0.3) is 0 Å². The maximum Gasteiger partial charge on any atom is 0.243 e. The molecule has 0 aliphatic heterocycles. The summed E-state index contributed by atoms with van der Waals surface area (Å²) in [6.45, 7) is 4.44. The number of hydrogen-bond acceptors (Lipinski definition) is 5. The van der Waals surface area contributed by atoms with E-state index in [4.69, 9.17) is 16.9 Å². The van der Waals surface area contributed by atoms with Gasteiger partial charge in [-0.1, -0.05) is 39.5 Å². The Kier molecular flexibility index (Phi) is 13.8. The molecular formula is C18H35N6O3. The van der Waals surface area contributed by atoms with Gasteiger partial charge >= 0.3 is 0 Å². The quantitative estimate of drug-likeness (QED) is 0.133. The molecule has 0 aromatic carbocycles. The van der Waals surface area contributed by atoms with E-state index in [1.54, 1.807) is 0 Å². The lowest BCUT2D eigenvalue weighted by molar-refractivity contribution is -0.130. The normalized spacial score (nSPS) is 13.9. The Balaban J connectivity index is 4.63. The third-order valence-electron chi connectivity index (χ3n) is 4.13. The SMILES string of the molecule is CCCC[C@H]([C]=O)NC(=O)[C@@H](CCCC)NC(=O)[C@H](N)CCCNC(=N)N. The molecule has 8 N–H and O–H groups in total. The van der Waals surface area contributed by atoms with Crippen molar-refractivity contribution in [2.45, 2.75) is 83.3 Å². The maximum atomic E-state index is 12.5. The third kappa shape index (κ3) is 12.0. The summed E-state index contributed by atoms with van der Waals surface area (Å²) >= 11 is 0. The number of unbranched alkanes of at least 4 members (excludes halogenated alkanes) is 2. The fourth-order valence-electron chi connectivity index (χ4n) is 2.47. The Morgan fingerprint density at radius 2 is 1.63 bits per heavy atom. The number of guanidine groups is 1. The monoisotopic (exact) mass is 383 g/mol. The summed E-state index contributed by atoms with van der Waals surface area (Å²) in [4.78, 5) is 35.8. The van der Waals surface area contributed by atoms with Gasteiger partial charge in [-0.2, -0.15) is 0 Å². The second-order valence-corrected chi connectivity index (χ2v) is 6.61. The highest BCUT2D eigenvalue weighted by Gasteiger charge is 2.25. The first-order valence-corrected chi connectivity index (χ1v) is 9.67. The van der Waals surface area contributed by atoms with Gasteiger partial charge in [0.2, 0.25) is 18.1 Å². The fourth-order valence-corrected chi connectivity index (χ4v) is 2.47. The molecule has 0 aromatic rings. The van der Waals surface area contributed by atoms with Gasteiger partial charge in [-0.3, -0.25) is 19.8 Å². The van der Waals surface area contributed by atoms with Crippen LogP contribution in [-0.2, 0) is 14.4 Å². The Hall–Kier alpha value is -2.16. The van der Waals surface area contributed by atoms with E-state index in [9.17, 15) is 14.4 Å². The van der Waals surface area contributed by atoms with Gasteiger partial charge in [0.1, 0.15) is 6.04 Å². The molecule has 0 spiro atoms. The van der Waals surface area contributed by atoms with Crippen LogP contribution in [0.5, 0.6) is 0 Å². The first-order valence-electron chi connectivity index (χ1n) is 9.67. The maximum absolute atomic E-state index is 12.5. The molecule has 0 aromatic heterocycles. The number of carbonyl (C=O) groups is 2. The van der Waals surface area contributed by atoms with E-state index >= 15 is 0 Å². The Morgan fingerprint density at radius 1 is 1.00 bits per heavy atom. The van der Waals surface area contributed by atoms with Gasteiger partial charge in [0.15, 0.2) is 5.96 Å². The first kappa shape index (κ1) is 24.8. The minimum atomic E-state index is -0.760. The molecule has 0 fully saturated rings. The third-order valence-corrected chi connectivity index (χ3v) is 4.13. The van der Waals surface area contributed by atoms with E-state index in [1.165, 1.54) is 0 Å². The van der Waals surface area contributed by atoms with Gasteiger partial charge < -0.3 is 27.4 Å². The molecule has 9 nitrogen and oxygen atoms in total. The van der Waals surface area contributed by atoms with Crippen molar-refractivity contribution >= 4 is 24.1 Å². The van der Waals surface area contributed by atoms with Crippen molar-refractivity contribution in [3.8, 4) is 0 Å². The van der Waals surface area contributed by atoms with Crippen molar-refractivity contribution in [3.05, 3.63) is 0 Å². The van der Waals surface area contributed by atoms with Gasteiger partial charge in [-0.25, -0.2) is 0 Å². The lowest BCUT2D eigenvalue weighted by atomic mass is 10.1. The molecule has 0 unspecified atom stereocenters. The standard InChI is InChI=1S/C18H35N6O3/c1-3-5-8-13(12-25)23-17(27)15(10-6-4-2)24-16(26)14(19)9-7-11-22-18(20)21/h13-15H,3-11,19H2,1-2H3,(H,23,27)(H,24,26)(H4,20,21,22)/t13-,14-,15-/m1/s1. The summed E-state index contributed by atoms with van der Waals surface area (Å²) in [6.07, 6.45) is 7.19. The smallest absolute Gasteiger partial charge is 0.243 e. The highest BCUT2D eigenvalue weighted by molar-refractivity contribution is 5.90. The van der Waals surface area contributed by atoms with Crippen LogP contribution >= 0.6 is 0 Å². The molecule has 0 saturated carbocycles. The van der Waals surface area contributed by atoms with E-state index in [2.05, 4.69) is 16.0 Å². The summed E-state index contributed by atoms with van der Waals surface area (Å²) < 4.78 is 0. The predicted molar refractivity (Wildman–Crippen MR) is 106 cm³/mol. The average Bonchev–Trinajstić information content (AvgIpc) is 2.64. The van der Waals surface area contributed by atoms with Crippen LogP contribution in [0.2, 0.25) is 0 Å². The first-order chi connectivity index (χ1) is 12.8. The van der Waals surface area contributed by atoms with Crippen molar-refractivity contribution in [2.75, 3.05) is 6.54 Å². The molecule has 9 heteroatoms. The molecular weight excluding hydrogens is 348 g/mol. The molecule has 27 heavy (non-hydrogen) atoms. The van der Waals surface area contributed by atoms with Crippen LogP contribution in [0.25, 0.3) is 0 Å². The summed E-state index contributed by atoms with van der Waals surface area (Å²) in [5, 5.41) is 15.1. The van der Waals surface area contributed by atoms with E-state index in [-0.39, 0.29) is 11.9 Å². The minimum absolute atomic E-state index is 0.131. The largest absolute Gasteiger partial charge is 0.370 e. The molecule has 0 rings (SSSR count). The van der Waals surface area contributed by atoms with E-state index < -0.39 is 24.0 Å². The van der Waals surface area contributed by atoms with Crippen molar-refractivity contribution in [2.24, 2.45) is 11.5 Å². The molecule has 0 heterocycles. The molecule has 0 bridgehead atoms. The lowest BCUT2D eigenvalue weighted by Gasteiger charge is -2.22. The van der Waals surface area contributed by atoms with Gasteiger partial charge in [0, 0.05) is 6.54 Å². The summed E-state index contributed by atoms with van der Waals surface area (Å²) in [7, 11) is 0. The van der Waals surface area contributed by atoms with Crippen LogP contribution in [0.1, 0.15) is 65.2 Å². The van der Waals surface area contributed by atoms with Crippen molar-refractivity contribution in [1.82, 2.24) is 16.0 Å². The second-order valence-electron chi connectivity index (χ2n) is 6.61. The van der Waals surface area contributed by atoms with Crippen LogP contribution in [0.4, 0.5) is 0 Å². The fraction of sp³-hybridized carbons (Fsp3) is 0.778. The van der Waals surface area contributed by atoms with Crippen LogP contribution in [-0.4, -0.2) is 48.7 Å². The zero-order valence-electron chi connectivity index (χ0n) is 16.5. The number of amides is 2. The van der Waals surface area contributed by atoms with Crippen LogP contribution < -0.4 is 27.4 Å². The van der Waals surface area contributed by atoms with Gasteiger partial charge in [-0.15, -0.1) is 0 Å². The van der Waals surface area contributed by atoms with E-state index in [1.807, 2.05) is 20.1 Å². The van der Waals surface area contributed by atoms with E-state index in [0.717, 1.165) is 25.7 Å². The number of nitrogens with two attached hydrogens (primary N) is 2. The van der Waals surface area contributed by atoms with Crippen LogP contribution in [0.3, 0.4) is 0 Å². The topological polar surface area (TPSA) is 163 Å². The molecule has 1 radical (unpaired) electrons. The van der Waals surface area contributed by atoms with Crippen LogP contribution in [0, 0.1) is 5.41 Å². The molecule has 2 amide bonds. The zero-order valence-corrected chi connectivity index (χ0v) is 16.5. The molecule has 0 aliphatic carbocycles. The van der Waals surface area contributed by atoms with Crippen LogP contribution in [0.15, 0.2) is 0 Å². The number of nitrogens with one attached hydrogen (secondary N) is 4. The minimum Gasteiger partial charge on any atom is -0.370 e. The number of rotatable bonds is 15. The highest BCUT2D eigenvalue weighted by Crippen LogP contribution is 2.05. The number of hydrogen-bond donors (Lipinski definition) is 6.